The van der Waals surface area contributed by atoms with Gasteiger partial charge in [0.05, 0.1) is 14.2 Å². The Hall–Kier alpha value is -3.34. The zero-order chi connectivity index (χ0) is 17.6. The summed E-state index contributed by atoms with van der Waals surface area (Å²) in [5.74, 6) is 1.02. The van der Waals surface area contributed by atoms with E-state index in [1.165, 1.54) is 0 Å². The Balaban J connectivity index is 1.87. The van der Waals surface area contributed by atoms with Crippen LogP contribution < -0.4 is 9.47 Å². The van der Waals surface area contributed by atoms with E-state index in [1.807, 2.05) is 36.4 Å². The third-order valence-corrected chi connectivity index (χ3v) is 3.58. The van der Waals surface area contributed by atoms with E-state index in [4.69, 9.17) is 14.2 Å². The van der Waals surface area contributed by atoms with Crippen LogP contribution in [0.3, 0.4) is 0 Å². The van der Waals surface area contributed by atoms with Crippen LogP contribution in [0.4, 0.5) is 0 Å². The van der Waals surface area contributed by atoms with Gasteiger partial charge in [-0.2, -0.15) is 0 Å². The molecular formula is C20H17NO4. The summed E-state index contributed by atoms with van der Waals surface area (Å²) in [6.45, 7) is 0. The third-order valence-electron chi connectivity index (χ3n) is 3.58. The highest BCUT2D eigenvalue weighted by atomic mass is 16.6. The van der Waals surface area contributed by atoms with Crippen molar-refractivity contribution in [3.63, 3.8) is 0 Å². The molecule has 1 aliphatic heterocycles. The number of methoxy groups -OCH3 is 2. The summed E-state index contributed by atoms with van der Waals surface area (Å²) in [5, 5.41) is 0. The summed E-state index contributed by atoms with van der Waals surface area (Å²) < 4.78 is 15.7. The van der Waals surface area contributed by atoms with E-state index in [-0.39, 0.29) is 11.6 Å². The van der Waals surface area contributed by atoms with Crippen LogP contribution in [0.5, 0.6) is 11.5 Å². The molecule has 126 valence electrons. The van der Waals surface area contributed by atoms with Crippen molar-refractivity contribution in [1.82, 2.24) is 0 Å². The maximum atomic E-state index is 12.0. The van der Waals surface area contributed by atoms with Crippen molar-refractivity contribution in [2.24, 2.45) is 4.99 Å². The summed E-state index contributed by atoms with van der Waals surface area (Å²) in [5.41, 5.74) is 1.89. The van der Waals surface area contributed by atoms with Crippen molar-refractivity contribution in [2.75, 3.05) is 14.2 Å². The number of nitrogens with zero attached hydrogens (tertiary/aromatic N) is 1. The van der Waals surface area contributed by atoms with Crippen molar-refractivity contribution in [2.45, 2.75) is 0 Å². The maximum absolute atomic E-state index is 12.0. The van der Waals surface area contributed by atoms with Gasteiger partial charge in [-0.05, 0) is 35.9 Å². The smallest absolute Gasteiger partial charge is 0.363 e. The van der Waals surface area contributed by atoms with Gasteiger partial charge in [0.2, 0.25) is 5.90 Å². The molecule has 0 N–H and O–H groups in total. The normalized spacial score (nSPS) is 15.4. The summed E-state index contributed by atoms with van der Waals surface area (Å²) in [7, 11) is 3.14. The van der Waals surface area contributed by atoms with Gasteiger partial charge < -0.3 is 14.2 Å². The lowest BCUT2D eigenvalue weighted by Gasteiger charge is -2.07. The molecule has 1 aliphatic rings. The van der Waals surface area contributed by atoms with Crippen molar-refractivity contribution >= 4 is 24.0 Å². The number of carbonyl (C=O) groups excluding carboxylic acids is 1. The Labute approximate surface area is 145 Å². The van der Waals surface area contributed by atoms with Gasteiger partial charge >= 0.3 is 5.97 Å². The number of hydrogen-bond acceptors (Lipinski definition) is 5. The van der Waals surface area contributed by atoms with Gasteiger partial charge in [-0.3, -0.25) is 0 Å². The quantitative estimate of drug-likeness (QED) is 0.617. The molecular weight excluding hydrogens is 318 g/mol. The number of ether oxygens (including phenoxy) is 3. The fraction of sp³-hybridized carbons (Fsp3) is 0.100. The molecule has 0 atom stereocenters. The van der Waals surface area contributed by atoms with Gasteiger partial charge in [0.25, 0.3) is 0 Å². The molecule has 0 fully saturated rings. The first-order chi connectivity index (χ1) is 12.2. The molecule has 0 aromatic heterocycles. The van der Waals surface area contributed by atoms with Crippen LogP contribution in [0.15, 0.2) is 65.3 Å². The fourth-order valence-corrected chi connectivity index (χ4v) is 2.33. The molecule has 0 saturated carbocycles. The zero-order valence-electron chi connectivity index (χ0n) is 13.9. The lowest BCUT2D eigenvalue weighted by molar-refractivity contribution is -0.129. The van der Waals surface area contributed by atoms with Crippen LogP contribution in [-0.4, -0.2) is 26.1 Å². The van der Waals surface area contributed by atoms with Gasteiger partial charge in [0, 0.05) is 11.6 Å². The fourth-order valence-electron chi connectivity index (χ4n) is 2.33. The highest BCUT2D eigenvalue weighted by molar-refractivity contribution is 6.11. The van der Waals surface area contributed by atoms with Crippen molar-refractivity contribution in [3.8, 4) is 11.5 Å². The molecule has 25 heavy (non-hydrogen) atoms. The predicted molar refractivity (Wildman–Crippen MR) is 96.5 cm³/mol. The summed E-state index contributed by atoms with van der Waals surface area (Å²) in [4.78, 5) is 16.3. The van der Waals surface area contributed by atoms with Gasteiger partial charge in [0.15, 0.2) is 5.70 Å². The monoisotopic (exact) mass is 335 g/mol. The Kier molecular flexibility index (Phi) is 4.95. The number of carbonyl (C=O) groups is 1. The van der Waals surface area contributed by atoms with Gasteiger partial charge in [-0.15, -0.1) is 0 Å². The molecule has 0 aliphatic carbocycles. The van der Waals surface area contributed by atoms with Crippen LogP contribution in [-0.2, 0) is 9.53 Å². The lowest BCUT2D eigenvalue weighted by atomic mass is 10.1. The number of benzene rings is 2. The van der Waals surface area contributed by atoms with Gasteiger partial charge in [-0.25, -0.2) is 9.79 Å². The molecule has 5 nitrogen and oxygen atoms in total. The second-order valence-corrected chi connectivity index (χ2v) is 5.22. The molecule has 0 saturated heterocycles. The maximum Gasteiger partial charge on any atom is 0.363 e. The second-order valence-electron chi connectivity index (χ2n) is 5.22. The number of aliphatic imine (C=N–C) groups is 1. The second kappa shape index (κ2) is 7.49. The Morgan fingerprint density at radius 2 is 1.80 bits per heavy atom. The first-order valence-electron chi connectivity index (χ1n) is 7.67. The molecule has 0 radical (unpaired) electrons. The first kappa shape index (κ1) is 16.5. The van der Waals surface area contributed by atoms with Crippen LogP contribution in [0, 0.1) is 0 Å². The van der Waals surface area contributed by atoms with Crippen molar-refractivity contribution in [3.05, 3.63) is 71.4 Å². The van der Waals surface area contributed by atoms with Crippen LogP contribution >= 0.6 is 0 Å². The zero-order valence-corrected chi connectivity index (χ0v) is 13.9. The minimum Gasteiger partial charge on any atom is -0.497 e. The average molecular weight is 335 g/mol. The van der Waals surface area contributed by atoms with E-state index in [2.05, 4.69) is 4.99 Å². The van der Waals surface area contributed by atoms with E-state index in [1.54, 1.807) is 44.6 Å². The number of cyclic esters (lactones) is 1. The molecule has 0 bridgehead atoms. The van der Waals surface area contributed by atoms with E-state index < -0.39 is 5.97 Å². The predicted octanol–water partition coefficient (Wildman–Crippen LogP) is 3.71. The highest BCUT2D eigenvalue weighted by Crippen LogP contribution is 2.27. The van der Waals surface area contributed by atoms with E-state index in [0.717, 1.165) is 5.56 Å². The average Bonchev–Trinajstić information content (AvgIpc) is 3.00. The SMILES string of the molecule is COc1ccc(OC)c(/C=C2N=C(/C=C/c3ccccc3)OC\2=O)c1. The first-order valence-corrected chi connectivity index (χ1v) is 7.67. The third kappa shape index (κ3) is 3.95. The summed E-state index contributed by atoms with van der Waals surface area (Å²) in [6.07, 6.45) is 5.12. The standard InChI is InChI=1S/C20H17NO4/c1-23-16-9-10-18(24-2)15(12-16)13-17-20(22)25-19(21-17)11-8-14-6-4-3-5-7-14/h3-13H,1-2H3/b11-8+,17-13-. The minimum atomic E-state index is -0.502. The van der Waals surface area contributed by atoms with Gasteiger partial charge in [0.1, 0.15) is 11.5 Å². The Morgan fingerprint density at radius 1 is 1.00 bits per heavy atom. The minimum absolute atomic E-state index is 0.208. The molecule has 0 unspecified atom stereocenters. The molecule has 2 aromatic carbocycles. The van der Waals surface area contributed by atoms with E-state index in [9.17, 15) is 4.79 Å². The molecule has 2 aromatic rings. The van der Waals surface area contributed by atoms with Crippen LogP contribution in [0.1, 0.15) is 11.1 Å². The van der Waals surface area contributed by atoms with E-state index >= 15 is 0 Å². The number of hydrogen-bond donors (Lipinski definition) is 0. The molecule has 0 spiro atoms. The Bertz CT molecular complexity index is 867. The number of rotatable bonds is 5. The molecule has 0 amide bonds. The molecule has 3 rings (SSSR count). The molecule has 5 heteroatoms. The van der Waals surface area contributed by atoms with Crippen LogP contribution in [0.25, 0.3) is 12.2 Å². The van der Waals surface area contributed by atoms with Gasteiger partial charge in [-0.1, -0.05) is 30.3 Å². The topological polar surface area (TPSA) is 57.1 Å². The van der Waals surface area contributed by atoms with Crippen molar-refractivity contribution in [1.29, 1.82) is 0 Å². The Morgan fingerprint density at radius 3 is 2.52 bits per heavy atom. The van der Waals surface area contributed by atoms with Crippen LogP contribution in [0.2, 0.25) is 0 Å². The molecule has 1 heterocycles. The highest BCUT2D eigenvalue weighted by Gasteiger charge is 2.21. The number of esters is 1. The lowest BCUT2D eigenvalue weighted by Crippen LogP contribution is -2.01. The van der Waals surface area contributed by atoms with Crippen molar-refractivity contribution < 1.29 is 19.0 Å². The summed E-state index contributed by atoms with van der Waals surface area (Å²) >= 11 is 0. The summed E-state index contributed by atoms with van der Waals surface area (Å²) in [6, 6.07) is 15.0. The van der Waals surface area contributed by atoms with E-state index in [0.29, 0.717) is 17.1 Å². The largest absolute Gasteiger partial charge is 0.497 e.